The van der Waals surface area contributed by atoms with E-state index in [0.29, 0.717) is 18.8 Å². The van der Waals surface area contributed by atoms with Gasteiger partial charge in [-0.05, 0) is 38.4 Å². The van der Waals surface area contributed by atoms with Crippen molar-refractivity contribution in [3.63, 3.8) is 0 Å². The summed E-state index contributed by atoms with van der Waals surface area (Å²) in [4.78, 5) is 13.0. The molecule has 1 aromatic rings. The SMILES string of the molecule is CC(=O)Nc1ccc(S(=O)(=O)[C@H]2CS(=O)(=O)C[C@@H]2NCCN(C)C)cc1. The van der Waals surface area contributed by atoms with Crippen molar-refractivity contribution >= 4 is 31.3 Å². The third-order valence-electron chi connectivity index (χ3n) is 4.17. The number of benzene rings is 1. The Morgan fingerprint density at radius 1 is 1.19 bits per heavy atom. The zero-order chi connectivity index (χ0) is 19.5. The van der Waals surface area contributed by atoms with Gasteiger partial charge in [0.2, 0.25) is 5.91 Å². The molecule has 2 atom stereocenters. The zero-order valence-electron chi connectivity index (χ0n) is 15.1. The van der Waals surface area contributed by atoms with Crippen LogP contribution in [0.25, 0.3) is 0 Å². The molecule has 1 heterocycles. The Hall–Kier alpha value is -1.49. The van der Waals surface area contributed by atoms with E-state index in [4.69, 9.17) is 0 Å². The lowest BCUT2D eigenvalue weighted by molar-refractivity contribution is -0.114. The second kappa shape index (κ2) is 8.03. The topological polar surface area (TPSA) is 113 Å². The van der Waals surface area contributed by atoms with Crippen molar-refractivity contribution in [2.75, 3.05) is 44.0 Å². The standard InChI is InChI=1S/C16H25N3O5S2/c1-12(20)18-13-4-6-14(7-5-13)26(23,24)16-11-25(21,22)10-15(16)17-8-9-19(2)3/h4-7,15-17H,8-11H2,1-3H3,(H,18,20)/t15-,16-/m0/s1. The third-order valence-corrected chi connectivity index (χ3v) is 8.33. The molecule has 0 saturated carbocycles. The number of anilines is 1. The van der Waals surface area contributed by atoms with Crippen molar-refractivity contribution in [2.45, 2.75) is 23.1 Å². The van der Waals surface area contributed by atoms with E-state index in [2.05, 4.69) is 10.6 Å². The van der Waals surface area contributed by atoms with E-state index in [9.17, 15) is 21.6 Å². The fraction of sp³-hybridized carbons (Fsp3) is 0.562. The van der Waals surface area contributed by atoms with Crippen LogP contribution in [0.15, 0.2) is 29.2 Å². The highest BCUT2D eigenvalue weighted by Crippen LogP contribution is 2.26. The summed E-state index contributed by atoms with van der Waals surface area (Å²) in [5.41, 5.74) is 0.483. The molecule has 8 nitrogen and oxygen atoms in total. The molecule has 0 bridgehead atoms. The molecule has 2 rings (SSSR count). The van der Waals surface area contributed by atoms with Gasteiger partial charge >= 0.3 is 0 Å². The molecule has 0 aliphatic carbocycles. The molecule has 1 fully saturated rings. The smallest absolute Gasteiger partial charge is 0.221 e. The molecule has 146 valence electrons. The van der Waals surface area contributed by atoms with Crippen LogP contribution in [0.1, 0.15) is 6.92 Å². The number of nitrogens with one attached hydrogen (secondary N) is 2. The first kappa shape index (κ1) is 20.8. The molecule has 1 aliphatic heterocycles. The Morgan fingerprint density at radius 3 is 2.35 bits per heavy atom. The fourth-order valence-electron chi connectivity index (χ4n) is 2.89. The Bertz CT molecular complexity index is 848. The predicted molar refractivity (Wildman–Crippen MR) is 101 cm³/mol. The number of hydrogen-bond acceptors (Lipinski definition) is 7. The number of sulfone groups is 2. The van der Waals surface area contributed by atoms with Gasteiger partial charge in [-0.15, -0.1) is 0 Å². The zero-order valence-corrected chi connectivity index (χ0v) is 16.7. The van der Waals surface area contributed by atoms with E-state index in [0.717, 1.165) is 0 Å². The highest BCUT2D eigenvalue weighted by molar-refractivity contribution is 7.96. The van der Waals surface area contributed by atoms with Crippen LogP contribution < -0.4 is 10.6 Å². The quantitative estimate of drug-likeness (QED) is 0.645. The molecular formula is C16H25N3O5S2. The Labute approximate surface area is 154 Å². The molecule has 2 N–H and O–H groups in total. The number of carbonyl (C=O) groups excluding carboxylic acids is 1. The molecule has 26 heavy (non-hydrogen) atoms. The van der Waals surface area contributed by atoms with E-state index in [1.54, 1.807) is 0 Å². The van der Waals surface area contributed by atoms with Gasteiger partial charge in [-0.3, -0.25) is 4.79 Å². The summed E-state index contributed by atoms with van der Waals surface area (Å²) in [7, 11) is -3.47. The van der Waals surface area contributed by atoms with E-state index in [1.165, 1.54) is 31.2 Å². The third kappa shape index (κ3) is 5.26. The van der Waals surface area contributed by atoms with Gasteiger partial charge in [-0.2, -0.15) is 0 Å². The van der Waals surface area contributed by atoms with Crippen LogP contribution in [0.5, 0.6) is 0 Å². The number of amides is 1. The van der Waals surface area contributed by atoms with Crippen molar-refractivity contribution in [2.24, 2.45) is 0 Å². The molecule has 1 saturated heterocycles. The maximum absolute atomic E-state index is 13.0. The number of carbonyl (C=O) groups is 1. The first-order valence-corrected chi connectivity index (χ1v) is 11.6. The molecule has 1 aromatic carbocycles. The van der Waals surface area contributed by atoms with E-state index < -0.39 is 31.0 Å². The van der Waals surface area contributed by atoms with E-state index in [1.807, 2.05) is 19.0 Å². The molecule has 10 heteroatoms. The monoisotopic (exact) mass is 403 g/mol. The van der Waals surface area contributed by atoms with Gasteiger partial charge in [0.1, 0.15) is 0 Å². The van der Waals surface area contributed by atoms with Gasteiger partial charge in [-0.25, -0.2) is 16.8 Å². The molecule has 0 spiro atoms. The second-order valence-corrected chi connectivity index (χ2v) is 11.1. The Morgan fingerprint density at radius 2 is 1.81 bits per heavy atom. The molecular weight excluding hydrogens is 378 g/mol. The summed E-state index contributed by atoms with van der Waals surface area (Å²) < 4.78 is 50.0. The summed E-state index contributed by atoms with van der Waals surface area (Å²) in [6.07, 6.45) is 0. The number of rotatable bonds is 7. The highest BCUT2D eigenvalue weighted by atomic mass is 32.2. The normalized spacial score (nSPS) is 22.5. The first-order valence-electron chi connectivity index (χ1n) is 8.21. The lowest BCUT2D eigenvalue weighted by atomic mass is 10.2. The number of likely N-dealkylation sites (N-methyl/N-ethyl adjacent to an activating group) is 1. The lowest BCUT2D eigenvalue weighted by Gasteiger charge is -2.21. The average molecular weight is 404 g/mol. The highest BCUT2D eigenvalue weighted by Gasteiger charge is 2.45. The average Bonchev–Trinajstić information content (AvgIpc) is 2.82. The molecule has 0 unspecified atom stereocenters. The number of nitrogens with zero attached hydrogens (tertiary/aromatic N) is 1. The first-order chi connectivity index (χ1) is 12.0. The van der Waals surface area contributed by atoms with Crippen LogP contribution in [0.3, 0.4) is 0 Å². The largest absolute Gasteiger partial charge is 0.326 e. The minimum absolute atomic E-state index is 0.0492. The molecule has 1 amide bonds. The number of hydrogen-bond donors (Lipinski definition) is 2. The van der Waals surface area contributed by atoms with Gasteiger partial charge in [0, 0.05) is 31.7 Å². The van der Waals surface area contributed by atoms with Crippen molar-refractivity contribution in [3.05, 3.63) is 24.3 Å². The summed E-state index contributed by atoms with van der Waals surface area (Å²) in [6, 6.07) is 5.13. The lowest BCUT2D eigenvalue weighted by Crippen LogP contribution is -2.45. The summed E-state index contributed by atoms with van der Waals surface area (Å²) >= 11 is 0. The molecule has 0 aromatic heterocycles. The van der Waals surface area contributed by atoms with Gasteiger partial charge in [0.15, 0.2) is 19.7 Å². The summed E-state index contributed by atoms with van der Waals surface area (Å²) in [5.74, 6) is -0.830. The van der Waals surface area contributed by atoms with Crippen molar-refractivity contribution in [1.82, 2.24) is 10.2 Å². The maximum atomic E-state index is 13.0. The minimum Gasteiger partial charge on any atom is -0.326 e. The second-order valence-electron chi connectivity index (χ2n) is 6.73. The maximum Gasteiger partial charge on any atom is 0.221 e. The van der Waals surface area contributed by atoms with Gasteiger partial charge in [0.05, 0.1) is 21.7 Å². The summed E-state index contributed by atoms with van der Waals surface area (Å²) in [6.45, 7) is 2.54. The molecule has 1 aliphatic rings. The van der Waals surface area contributed by atoms with Crippen molar-refractivity contribution in [1.29, 1.82) is 0 Å². The summed E-state index contributed by atoms with van der Waals surface area (Å²) in [5, 5.41) is 4.62. The fourth-order valence-corrected chi connectivity index (χ4v) is 7.61. The van der Waals surface area contributed by atoms with Gasteiger partial charge < -0.3 is 15.5 Å². The van der Waals surface area contributed by atoms with Crippen molar-refractivity contribution < 1.29 is 21.6 Å². The van der Waals surface area contributed by atoms with Crippen LogP contribution >= 0.6 is 0 Å². The predicted octanol–water partition coefficient (Wildman–Crippen LogP) is -0.264. The Balaban J connectivity index is 2.22. The van der Waals surface area contributed by atoms with Gasteiger partial charge in [-0.1, -0.05) is 0 Å². The van der Waals surface area contributed by atoms with Crippen LogP contribution in [0, 0.1) is 0 Å². The van der Waals surface area contributed by atoms with Gasteiger partial charge in [0.25, 0.3) is 0 Å². The van der Waals surface area contributed by atoms with E-state index in [-0.39, 0.29) is 22.3 Å². The minimum atomic E-state index is -3.82. The van der Waals surface area contributed by atoms with Crippen molar-refractivity contribution in [3.8, 4) is 0 Å². The van der Waals surface area contributed by atoms with E-state index >= 15 is 0 Å². The van der Waals surface area contributed by atoms with Crippen LogP contribution in [-0.4, -0.2) is 77.6 Å². The van der Waals surface area contributed by atoms with Crippen LogP contribution in [0.4, 0.5) is 5.69 Å². The van der Waals surface area contributed by atoms with Crippen LogP contribution in [0.2, 0.25) is 0 Å². The van der Waals surface area contributed by atoms with Crippen LogP contribution in [-0.2, 0) is 24.5 Å². The molecule has 0 radical (unpaired) electrons. The Kier molecular flexibility index (Phi) is 6.43.